The summed E-state index contributed by atoms with van der Waals surface area (Å²) in [5.41, 5.74) is 5.31. The Balaban J connectivity index is 1.53. The number of carbonyl (C=O) groups is 1. The van der Waals surface area contributed by atoms with Crippen molar-refractivity contribution < 1.29 is 9.18 Å². The standard InChI is InChI=1S/C22H20ClFN2O/c23-20-13-18(3-4-21(20)24)17-2-1-16-7-10-26(14-19(16)12-17)22(27)11-15-5-8-25-9-6-15/h1-6,8,12-13,25H,7,9-11,14H2. The van der Waals surface area contributed by atoms with Crippen molar-refractivity contribution in [2.24, 2.45) is 0 Å². The molecule has 0 atom stereocenters. The third-order valence-corrected chi connectivity index (χ3v) is 5.37. The van der Waals surface area contributed by atoms with Gasteiger partial charge in [-0.05, 0) is 64.7 Å². The molecule has 2 aliphatic heterocycles. The maximum absolute atomic E-state index is 13.4. The molecule has 1 N–H and O–H groups in total. The van der Waals surface area contributed by atoms with E-state index in [1.165, 1.54) is 11.6 Å². The molecule has 27 heavy (non-hydrogen) atoms. The number of nitrogens with zero attached hydrogens (tertiary/aromatic N) is 1. The van der Waals surface area contributed by atoms with Gasteiger partial charge in [-0.3, -0.25) is 4.79 Å². The second-order valence-corrected chi connectivity index (χ2v) is 7.28. The van der Waals surface area contributed by atoms with Crippen molar-refractivity contribution in [1.82, 2.24) is 10.2 Å². The summed E-state index contributed by atoms with van der Waals surface area (Å²) in [6.45, 7) is 2.11. The van der Waals surface area contributed by atoms with Crippen molar-refractivity contribution >= 4 is 17.5 Å². The van der Waals surface area contributed by atoms with Crippen molar-refractivity contribution in [3.8, 4) is 11.1 Å². The van der Waals surface area contributed by atoms with Gasteiger partial charge in [-0.2, -0.15) is 0 Å². The molecule has 5 heteroatoms. The van der Waals surface area contributed by atoms with Crippen molar-refractivity contribution in [1.29, 1.82) is 0 Å². The molecule has 0 bridgehead atoms. The molecule has 2 aromatic rings. The van der Waals surface area contributed by atoms with E-state index in [9.17, 15) is 9.18 Å². The lowest BCUT2D eigenvalue weighted by Gasteiger charge is -2.29. The highest BCUT2D eigenvalue weighted by Gasteiger charge is 2.21. The minimum atomic E-state index is -0.420. The van der Waals surface area contributed by atoms with E-state index < -0.39 is 5.82 Å². The van der Waals surface area contributed by atoms with E-state index in [0.29, 0.717) is 13.0 Å². The first-order chi connectivity index (χ1) is 13.1. The van der Waals surface area contributed by atoms with Crippen molar-refractivity contribution in [2.75, 3.05) is 13.1 Å². The number of benzene rings is 2. The molecule has 0 saturated carbocycles. The largest absolute Gasteiger partial charge is 0.387 e. The Hall–Kier alpha value is -2.59. The number of rotatable bonds is 3. The highest BCUT2D eigenvalue weighted by molar-refractivity contribution is 6.31. The van der Waals surface area contributed by atoms with Crippen molar-refractivity contribution in [3.63, 3.8) is 0 Å². The second kappa shape index (κ2) is 7.57. The lowest BCUT2D eigenvalue weighted by Crippen LogP contribution is -2.36. The summed E-state index contributed by atoms with van der Waals surface area (Å²) < 4.78 is 13.4. The van der Waals surface area contributed by atoms with Crippen LogP contribution in [0, 0.1) is 5.82 Å². The Bertz CT molecular complexity index is 951. The molecule has 0 unspecified atom stereocenters. The molecule has 2 heterocycles. The lowest BCUT2D eigenvalue weighted by molar-refractivity contribution is -0.131. The zero-order valence-electron chi connectivity index (χ0n) is 14.8. The molecule has 1 amide bonds. The number of dihydropyridines is 1. The zero-order chi connectivity index (χ0) is 18.8. The minimum Gasteiger partial charge on any atom is -0.387 e. The first kappa shape index (κ1) is 17.8. The van der Waals surface area contributed by atoms with E-state index in [-0.39, 0.29) is 10.9 Å². The van der Waals surface area contributed by atoms with Gasteiger partial charge in [-0.1, -0.05) is 35.9 Å². The van der Waals surface area contributed by atoms with Crippen LogP contribution in [-0.2, 0) is 17.8 Å². The average molecular weight is 383 g/mol. The fourth-order valence-electron chi connectivity index (χ4n) is 3.53. The maximum atomic E-state index is 13.4. The van der Waals surface area contributed by atoms with Crippen LogP contribution in [0.5, 0.6) is 0 Å². The lowest BCUT2D eigenvalue weighted by atomic mass is 9.94. The normalized spacial score (nSPS) is 15.8. The predicted octanol–water partition coefficient (Wildman–Crippen LogP) is 4.46. The number of hydrogen-bond acceptors (Lipinski definition) is 2. The van der Waals surface area contributed by atoms with Gasteiger partial charge in [0.15, 0.2) is 0 Å². The van der Waals surface area contributed by atoms with Gasteiger partial charge in [-0.15, -0.1) is 0 Å². The van der Waals surface area contributed by atoms with Gasteiger partial charge in [0, 0.05) is 19.6 Å². The summed E-state index contributed by atoms with van der Waals surface area (Å²) >= 11 is 5.92. The summed E-state index contributed by atoms with van der Waals surface area (Å²) in [5.74, 6) is -0.273. The van der Waals surface area contributed by atoms with Crippen LogP contribution in [0.15, 0.2) is 60.3 Å². The first-order valence-corrected chi connectivity index (χ1v) is 9.42. The Morgan fingerprint density at radius 1 is 1.15 bits per heavy atom. The van der Waals surface area contributed by atoms with Gasteiger partial charge in [0.2, 0.25) is 5.91 Å². The molecule has 2 aromatic carbocycles. The van der Waals surface area contributed by atoms with E-state index >= 15 is 0 Å². The highest BCUT2D eigenvalue weighted by Crippen LogP contribution is 2.29. The van der Waals surface area contributed by atoms with Crippen LogP contribution in [-0.4, -0.2) is 23.9 Å². The number of nitrogens with one attached hydrogen (secondary N) is 1. The minimum absolute atomic E-state index is 0.116. The van der Waals surface area contributed by atoms with E-state index in [0.717, 1.165) is 41.8 Å². The average Bonchev–Trinajstić information content (AvgIpc) is 2.70. The zero-order valence-corrected chi connectivity index (χ0v) is 15.6. The number of halogens is 2. The van der Waals surface area contributed by atoms with Crippen LogP contribution in [0.2, 0.25) is 5.02 Å². The third kappa shape index (κ3) is 3.91. The Kier molecular flexibility index (Phi) is 4.99. The summed E-state index contributed by atoms with van der Waals surface area (Å²) in [5, 5.41) is 3.21. The number of amides is 1. The van der Waals surface area contributed by atoms with E-state index in [4.69, 9.17) is 11.6 Å². The van der Waals surface area contributed by atoms with E-state index in [1.54, 1.807) is 12.1 Å². The summed E-state index contributed by atoms with van der Waals surface area (Å²) in [7, 11) is 0. The van der Waals surface area contributed by atoms with E-state index in [1.807, 2.05) is 29.3 Å². The second-order valence-electron chi connectivity index (χ2n) is 6.88. The van der Waals surface area contributed by atoms with Crippen molar-refractivity contribution in [2.45, 2.75) is 19.4 Å². The fraction of sp³-hybridized carbons (Fsp3) is 0.227. The fourth-order valence-corrected chi connectivity index (χ4v) is 3.72. The number of fused-ring (bicyclic) bond motifs is 1. The van der Waals surface area contributed by atoms with Crippen molar-refractivity contribution in [3.05, 3.63) is 82.3 Å². The van der Waals surface area contributed by atoms with Gasteiger partial charge in [0.1, 0.15) is 5.82 Å². The van der Waals surface area contributed by atoms with Gasteiger partial charge >= 0.3 is 0 Å². The van der Waals surface area contributed by atoms with Gasteiger partial charge in [0.05, 0.1) is 11.4 Å². The molecule has 0 spiro atoms. The van der Waals surface area contributed by atoms with Gasteiger partial charge in [0.25, 0.3) is 0 Å². The van der Waals surface area contributed by atoms with E-state index in [2.05, 4.69) is 17.4 Å². The molecule has 0 radical (unpaired) electrons. The Morgan fingerprint density at radius 2 is 1.96 bits per heavy atom. The van der Waals surface area contributed by atoms with Crippen LogP contribution < -0.4 is 5.32 Å². The number of allylic oxidation sites excluding steroid dienone is 1. The SMILES string of the molecule is O=C(CC1=CCNC=C1)N1CCc2ccc(-c3ccc(F)c(Cl)c3)cc2C1. The predicted molar refractivity (Wildman–Crippen MR) is 106 cm³/mol. The molecule has 0 fully saturated rings. The van der Waals surface area contributed by atoms with Gasteiger partial charge in [-0.25, -0.2) is 4.39 Å². The summed E-state index contributed by atoms with van der Waals surface area (Å²) in [6, 6.07) is 11.0. The molecule has 0 saturated heterocycles. The monoisotopic (exact) mass is 382 g/mol. The van der Waals surface area contributed by atoms with Gasteiger partial charge < -0.3 is 10.2 Å². The third-order valence-electron chi connectivity index (χ3n) is 5.08. The number of carbonyl (C=O) groups excluding carboxylic acids is 1. The van der Waals surface area contributed by atoms with Crippen LogP contribution in [0.3, 0.4) is 0 Å². The smallest absolute Gasteiger partial charge is 0.227 e. The number of hydrogen-bond donors (Lipinski definition) is 1. The molecule has 3 nitrogen and oxygen atoms in total. The molecule has 138 valence electrons. The highest BCUT2D eigenvalue weighted by atomic mass is 35.5. The molecular weight excluding hydrogens is 363 g/mol. The Morgan fingerprint density at radius 3 is 2.74 bits per heavy atom. The Labute approximate surface area is 163 Å². The topological polar surface area (TPSA) is 32.3 Å². The first-order valence-electron chi connectivity index (χ1n) is 9.04. The summed E-state index contributed by atoms with van der Waals surface area (Å²) in [6.07, 6.45) is 7.17. The molecule has 0 aliphatic carbocycles. The van der Waals surface area contributed by atoms with Crippen LogP contribution >= 0.6 is 11.6 Å². The quantitative estimate of drug-likeness (QED) is 0.849. The maximum Gasteiger partial charge on any atom is 0.227 e. The molecule has 0 aromatic heterocycles. The molecular formula is C22H20ClFN2O. The summed E-state index contributed by atoms with van der Waals surface area (Å²) in [4.78, 5) is 14.6. The molecule has 2 aliphatic rings. The van der Waals surface area contributed by atoms with Crippen LogP contribution in [0.4, 0.5) is 4.39 Å². The van der Waals surface area contributed by atoms with Crippen LogP contribution in [0.25, 0.3) is 11.1 Å². The molecule has 4 rings (SSSR count). The van der Waals surface area contributed by atoms with Crippen LogP contribution in [0.1, 0.15) is 17.5 Å².